The maximum atomic E-state index is 12.2. The summed E-state index contributed by atoms with van der Waals surface area (Å²) in [4.78, 5) is 32.0. The van der Waals surface area contributed by atoms with Crippen LogP contribution in [0.2, 0.25) is 0 Å². The predicted molar refractivity (Wildman–Crippen MR) is 91.4 cm³/mol. The molecule has 1 aromatic heterocycles. The zero-order chi connectivity index (χ0) is 16.9. The Labute approximate surface area is 142 Å². The third kappa shape index (κ3) is 3.77. The summed E-state index contributed by atoms with van der Waals surface area (Å²) in [6, 6.07) is 3.87. The Kier molecular flexibility index (Phi) is 5.17. The minimum atomic E-state index is -0.214. The number of rotatable bonds is 4. The smallest absolute Gasteiger partial charge is 0.317 e. The molecule has 2 saturated heterocycles. The van der Waals surface area contributed by atoms with Crippen LogP contribution in [-0.4, -0.2) is 48.0 Å². The van der Waals surface area contributed by atoms with Crippen molar-refractivity contribution in [3.8, 4) is 0 Å². The zero-order valence-electron chi connectivity index (χ0n) is 13.9. The molecule has 7 heteroatoms. The number of hydrogen-bond donors (Lipinski definition) is 2. The number of pyridine rings is 1. The number of nitrogens with one attached hydrogen (secondary N) is 1. The number of piperidine rings is 1. The summed E-state index contributed by atoms with van der Waals surface area (Å²) in [6.07, 6.45) is 5.44. The molecule has 2 aliphatic heterocycles. The van der Waals surface area contributed by atoms with E-state index in [9.17, 15) is 9.59 Å². The monoisotopic (exact) mass is 331 g/mol. The molecular weight excluding hydrogens is 306 g/mol. The number of likely N-dealkylation sites (tertiary alicyclic amines) is 1. The van der Waals surface area contributed by atoms with Gasteiger partial charge in [0, 0.05) is 50.4 Å². The minimum Gasteiger partial charge on any atom is -0.369 e. The standard InChI is InChI=1S/C17H25N5O2/c18-15(23)13-5-10-21(11-6-13)16-14(4-3-7-19-16)12-20-17(24)22-8-1-2-9-22/h3-4,7,13H,1-2,5-6,8-12H2,(H2,18,23)(H,20,24). The third-order valence-electron chi connectivity index (χ3n) is 4.89. The van der Waals surface area contributed by atoms with Crippen molar-refractivity contribution in [2.24, 2.45) is 11.7 Å². The van der Waals surface area contributed by atoms with Crippen molar-refractivity contribution in [1.82, 2.24) is 15.2 Å². The summed E-state index contributed by atoms with van der Waals surface area (Å²) in [7, 11) is 0. The van der Waals surface area contributed by atoms with Gasteiger partial charge in [-0.1, -0.05) is 6.07 Å². The average Bonchev–Trinajstić information content (AvgIpc) is 3.15. The molecule has 0 aromatic carbocycles. The van der Waals surface area contributed by atoms with Gasteiger partial charge < -0.3 is 20.9 Å². The number of hydrogen-bond acceptors (Lipinski definition) is 4. The summed E-state index contributed by atoms with van der Waals surface area (Å²) >= 11 is 0. The number of carbonyl (C=O) groups excluding carboxylic acids is 2. The number of aromatic nitrogens is 1. The maximum Gasteiger partial charge on any atom is 0.317 e. The van der Waals surface area contributed by atoms with E-state index in [-0.39, 0.29) is 17.9 Å². The van der Waals surface area contributed by atoms with E-state index in [0.717, 1.165) is 63.2 Å². The van der Waals surface area contributed by atoms with E-state index in [1.807, 2.05) is 17.0 Å². The lowest BCUT2D eigenvalue weighted by Gasteiger charge is -2.32. The second kappa shape index (κ2) is 7.51. The fourth-order valence-electron chi connectivity index (χ4n) is 3.43. The van der Waals surface area contributed by atoms with Crippen LogP contribution in [0.15, 0.2) is 18.3 Å². The van der Waals surface area contributed by atoms with Gasteiger partial charge in [-0.15, -0.1) is 0 Å². The SMILES string of the molecule is NC(=O)C1CCN(c2ncccc2CNC(=O)N2CCCC2)CC1. The molecule has 0 spiro atoms. The quantitative estimate of drug-likeness (QED) is 0.864. The fraction of sp³-hybridized carbons (Fsp3) is 0.588. The van der Waals surface area contributed by atoms with Crippen LogP contribution in [0.25, 0.3) is 0 Å². The van der Waals surface area contributed by atoms with Crippen LogP contribution < -0.4 is 16.0 Å². The molecule has 3 heterocycles. The number of urea groups is 1. The Hall–Kier alpha value is -2.31. The van der Waals surface area contributed by atoms with Crippen molar-refractivity contribution in [2.75, 3.05) is 31.1 Å². The number of amides is 3. The predicted octanol–water partition coefficient (Wildman–Crippen LogP) is 1.09. The highest BCUT2D eigenvalue weighted by atomic mass is 16.2. The Balaban J connectivity index is 1.61. The lowest BCUT2D eigenvalue weighted by Crippen LogP contribution is -2.40. The van der Waals surface area contributed by atoms with Gasteiger partial charge >= 0.3 is 6.03 Å². The Morgan fingerprint density at radius 1 is 1.21 bits per heavy atom. The molecule has 24 heavy (non-hydrogen) atoms. The summed E-state index contributed by atoms with van der Waals surface area (Å²) in [5, 5.41) is 2.99. The second-order valence-electron chi connectivity index (χ2n) is 6.50. The van der Waals surface area contributed by atoms with Crippen LogP contribution >= 0.6 is 0 Å². The number of anilines is 1. The topological polar surface area (TPSA) is 91.6 Å². The molecular formula is C17H25N5O2. The number of carbonyl (C=O) groups is 2. The Morgan fingerprint density at radius 2 is 1.92 bits per heavy atom. The molecule has 2 aliphatic rings. The summed E-state index contributed by atoms with van der Waals surface area (Å²) in [5.74, 6) is 0.638. The fourth-order valence-corrected chi connectivity index (χ4v) is 3.43. The highest BCUT2D eigenvalue weighted by Gasteiger charge is 2.25. The number of nitrogens with two attached hydrogens (primary N) is 1. The highest BCUT2D eigenvalue weighted by Crippen LogP contribution is 2.24. The van der Waals surface area contributed by atoms with Gasteiger partial charge in [-0.05, 0) is 31.7 Å². The van der Waals surface area contributed by atoms with Crippen LogP contribution in [0, 0.1) is 5.92 Å². The first-order chi connectivity index (χ1) is 11.6. The highest BCUT2D eigenvalue weighted by molar-refractivity contribution is 5.77. The van der Waals surface area contributed by atoms with Crippen LogP contribution in [0.4, 0.5) is 10.6 Å². The summed E-state index contributed by atoms with van der Waals surface area (Å²) < 4.78 is 0. The molecule has 3 rings (SSSR count). The first-order valence-corrected chi connectivity index (χ1v) is 8.66. The molecule has 130 valence electrons. The minimum absolute atomic E-state index is 0.00487. The van der Waals surface area contributed by atoms with Crippen molar-refractivity contribution >= 4 is 17.8 Å². The van der Waals surface area contributed by atoms with E-state index in [0.29, 0.717) is 6.54 Å². The van der Waals surface area contributed by atoms with E-state index < -0.39 is 0 Å². The number of nitrogens with zero attached hydrogens (tertiary/aromatic N) is 3. The van der Waals surface area contributed by atoms with Gasteiger partial charge in [0.1, 0.15) is 5.82 Å². The Morgan fingerprint density at radius 3 is 2.58 bits per heavy atom. The normalized spacial score (nSPS) is 18.7. The van der Waals surface area contributed by atoms with Crippen LogP contribution in [0.3, 0.4) is 0 Å². The van der Waals surface area contributed by atoms with Gasteiger partial charge in [-0.2, -0.15) is 0 Å². The van der Waals surface area contributed by atoms with E-state index in [4.69, 9.17) is 5.73 Å². The molecule has 7 nitrogen and oxygen atoms in total. The first kappa shape index (κ1) is 16.5. The van der Waals surface area contributed by atoms with Gasteiger partial charge in [-0.25, -0.2) is 9.78 Å². The van der Waals surface area contributed by atoms with Crippen LogP contribution in [0.5, 0.6) is 0 Å². The third-order valence-corrected chi connectivity index (χ3v) is 4.89. The molecule has 0 unspecified atom stereocenters. The maximum absolute atomic E-state index is 12.2. The van der Waals surface area contributed by atoms with E-state index in [1.165, 1.54) is 0 Å². The van der Waals surface area contributed by atoms with Crippen molar-refractivity contribution < 1.29 is 9.59 Å². The van der Waals surface area contributed by atoms with Crippen molar-refractivity contribution in [3.05, 3.63) is 23.9 Å². The van der Waals surface area contributed by atoms with Gasteiger partial charge in [0.25, 0.3) is 0 Å². The summed E-state index contributed by atoms with van der Waals surface area (Å²) in [5.41, 5.74) is 6.40. The molecule has 2 fully saturated rings. The van der Waals surface area contributed by atoms with E-state index in [1.54, 1.807) is 6.20 Å². The Bertz CT molecular complexity index is 592. The summed E-state index contributed by atoms with van der Waals surface area (Å²) in [6.45, 7) is 3.67. The molecule has 0 bridgehead atoms. The second-order valence-corrected chi connectivity index (χ2v) is 6.50. The van der Waals surface area contributed by atoms with Crippen molar-refractivity contribution in [3.63, 3.8) is 0 Å². The largest absolute Gasteiger partial charge is 0.369 e. The van der Waals surface area contributed by atoms with Crippen molar-refractivity contribution in [2.45, 2.75) is 32.2 Å². The van der Waals surface area contributed by atoms with Gasteiger partial charge in [-0.3, -0.25) is 4.79 Å². The van der Waals surface area contributed by atoms with Crippen LogP contribution in [0.1, 0.15) is 31.2 Å². The van der Waals surface area contributed by atoms with Crippen LogP contribution in [-0.2, 0) is 11.3 Å². The molecule has 0 aliphatic carbocycles. The molecule has 0 saturated carbocycles. The molecule has 0 radical (unpaired) electrons. The first-order valence-electron chi connectivity index (χ1n) is 8.66. The van der Waals surface area contributed by atoms with Gasteiger partial charge in [0.2, 0.25) is 5.91 Å². The molecule has 3 amide bonds. The van der Waals surface area contributed by atoms with E-state index >= 15 is 0 Å². The molecule has 3 N–H and O–H groups in total. The lowest BCUT2D eigenvalue weighted by atomic mass is 9.96. The van der Waals surface area contributed by atoms with Gasteiger partial charge in [0.05, 0.1) is 0 Å². The zero-order valence-corrected chi connectivity index (χ0v) is 13.9. The molecule has 0 atom stereocenters. The lowest BCUT2D eigenvalue weighted by molar-refractivity contribution is -0.122. The average molecular weight is 331 g/mol. The number of primary amides is 1. The molecule has 1 aromatic rings. The van der Waals surface area contributed by atoms with Gasteiger partial charge in [0.15, 0.2) is 0 Å². The van der Waals surface area contributed by atoms with E-state index in [2.05, 4.69) is 15.2 Å². The van der Waals surface area contributed by atoms with Crippen molar-refractivity contribution in [1.29, 1.82) is 0 Å².